The highest BCUT2D eigenvalue weighted by atomic mass is 35.5. The van der Waals surface area contributed by atoms with Crippen LogP contribution in [0.3, 0.4) is 0 Å². The smallest absolute Gasteiger partial charge is 0.410 e. The number of rotatable bonds is 3. The van der Waals surface area contributed by atoms with Crippen LogP contribution in [0.2, 0.25) is 0 Å². The molecule has 3 rings (SSSR count). The Morgan fingerprint density at radius 3 is 2.60 bits per heavy atom. The third-order valence-electron chi connectivity index (χ3n) is 4.38. The Bertz CT molecular complexity index is 750. The third-order valence-corrected chi connectivity index (χ3v) is 4.63. The van der Waals surface area contributed by atoms with Gasteiger partial charge < -0.3 is 9.30 Å². The van der Waals surface area contributed by atoms with Gasteiger partial charge in [0.05, 0.1) is 23.8 Å². The number of halogens is 1. The summed E-state index contributed by atoms with van der Waals surface area (Å²) < 4.78 is 7.58. The molecule has 0 radical (unpaired) electrons. The maximum atomic E-state index is 12.4. The number of aromatic nitrogens is 2. The minimum Gasteiger partial charge on any atom is -0.445 e. The average molecular weight is 362 g/mol. The molecule has 6 heteroatoms. The Hall–Kier alpha value is -2.01. The number of carbonyl (C=O) groups is 1. The van der Waals surface area contributed by atoms with Crippen LogP contribution >= 0.6 is 11.6 Å². The molecule has 0 fully saturated rings. The molecule has 0 saturated carbocycles. The van der Waals surface area contributed by atoms with Gasteiger partial charge in [-0.25, -0.2) is 9.78 Å². The number of carbonyl (C=O) groups excluding carboxylic acids is 1. The van der Waals surface area contributed by atoms with Gasteiger partial charge in [-0.1, -0.05) is 51.1 Å². The van der Waals surface area contributed by atoms with Crippen LogP contribution in [0.15, 0.2) is 30.3 Å². The SMILES string of the molecule is CC(C)(C)c1nc2n(c1CCl)CCN(C(=O)OCc1ccccc1)C2. The summed E-state index contributed by atoms with van der Waals surface area (Å²) in [5, 5.41) is 0. The molecule has 0 saturated heterocycles. The van der Waals surface area contributed by atoms with E-state index in [1.54, 1.807) is 4.90 Å². The van der Waals surface area contributed by atoms with E-state index < -0.39 is 0 Å². The number of ether oxygens (including phenoxy) is 1. The summed E-state index contributed by atoms with van der Waals surface area (Å²) in [6.45, 7) is 8.42. The Labute approximate surface area is 153 Å². The summed E-state index contributed by atoms with van der Waals surface area (Å²) in [5.74, 6) is 1.31. The van der Waals surface area contributed by atoms with Crippen molar-refractivity contribution in [2.75, 3.05) is 6.54 Å². The number of imidazole rings is 1. The fourth-order valence-electron chi connectivity index (χ4n) is 3.10. The third kappa shape index (κ3) is 3.82. The van der Waals surface area contributed by atoms with Crippen LogP contribution in [0.4, 0.5) is 4.79 Å². The molecular formula is C19H24ClN3O2. The first kappa shape index (κ1) is 17.8. The molecule has 5 nitrogen and oxygen atoms in total. The first-order chi connectivity index (χ1) is 11.9. The highest BCUT2D eigenvalue weighted by Crippen LogP contribution is 2.29. The molecule has 0 aliphatic carbocycles. The van der Waals surface area contributed by atoms with Crippen molar-refractivity contribution >= 4 is 17.7 Å². The Morgan fingerprint density at radius 1 is 1.24 bits per heavy atom. The van der Waals surface area contributed by atoms with Crippen molar-refractivity contribution in [2.45, 2.75) is 51.8 Å². The van der Waals surface area contributed by atoms with E-state index in [-0.39, 0.29) is 18.1 Å². The molecule has 1 aromatic carbocycles. The number of fused-ring (bicyclic) bond motifs is 1. The molecule has 2 heterocycles. The predicted molar refractivity (Wildman–Crippen MR) is 97.5 cm³/mol. The van der Waals surface area contributed by atoms with E-state index in [9.17, 15) is 4.79 Å². The van der Waals surface area contributed by atoms with Crippen molar-refractivity contribution in [3.05, 3.63) is 53.1 Å². The molecule has 0 atom stereocenters. The number of hydrogen-bond donors (Lipinski definition) is 0. The van der Waals surface area contributed by atoms with Crippen molar-refractivity contribution in [1.82, 2.24) is 14.5 Å². The molecule has 0 bridgehead atoms. The summed E-state index contributed by atoms with van der Waals surface area (Å²) in [6.07, 6.45) is -0.303. The molecule has 1 aliphatic rings. The van der Waals surface area contributed by atoms with E-state index in [1.807, 2.05) is 30.3 Å². The Kier molecular flexibility index (Phi) is 5.04. The van der Waals surface area contributed by atoms with Crippen molar-refractivity contribution in [2.24, 2.45) is 0 Å². The fraction of sp³-hybridized carbons (Fsp3) is 0.474. The van der Waals surface area contributed by atoms with Gasteiger partial charge in [0.25, 0.3) is 0 Å². The van der Waals surface area contributed by atoms with E-state index in [0.717, 1.165) is 22.8 Å². The van der Waals surface area contributed by atoms with Gasteiger partial charge in [-0.05, 0) is 5.56 Å². The van der Waals surface area contributed by atoms with Gasteiger partial charge in [-0.15, -0.1) is 11.6 Å². The van der Waals surface area contributed by atoms with Crippen molar-refractivity contribution in [3.63, 3.8) is 0 Å². The first-order valence-electron chi connectivity index (χ1n) is 8.50. The second-order valence-electron chi connectivity index (χ2n) is 7.32. The lowest BCUT2D eigenvalue weighted by atomic mass is 9.91. The number of amides is 1. The molecule has 0 N–H and O–H groups in total. The molecule has 25 heavy (non-hydrogen) atoms. The molecule has 1 amide bonds. The van der Waals surface area contributed by atoms with Gasteiger partial charge in [-0.2, -0.15) is 0 Å². The topological polar surface area (TPSA) is 47.4 Å². The second-order valence-corrected chi connectivity index (χ2v) is 7.59. The largest absolute Gasteiger partial charge is 0.445 e. The average Bonchev–Trinajstić information content (AvgIpc) is 2.98. The van der Waals surface area contributed by atoms with Gasteiger partial charge in [0, 0.05) is 18.5 Å². The van der Waals surface area contributed by atoms with Gasteiger partial charge >= 0.3 is 6.09 Å². The van der Waals surface area contributed by atoms with E-state index in [1.165, 1.54) is 0 Å². The normalized spacial score (nSPS) is 14.3. The highest BCUT2D eigenvalue weighted by molar-refractivity contribution is 6.17. The Balaban J connectivity index is 1.70. The summed E-state index contributed by atoms with van der Waals surface area (Å²) in [7, 11) is 0. The fourth-order valence-corrected chi connectivity index (χ4v) is 3.37. The van der Waals surface area contributed by atoms with Crippen molar-refractivity contribution in [3.8, 4) is 0 Å². The zero-order chi connectivity index (χ0) is 18.0. The van der Waals surface area contributed by atoms with Crippen LogP contribution in [0.25, 0.3) is 0 Å². The number of nitrogens with zero attached hydrogens (tertiary/aromatic N) is 3. The van der Waals surface area contributed by atoms with Crippen LogP contribution in [0, 0.1) is 0 Å². The minimum atomic E-state index is -0.303. The van der Waals surface area contributed by atoms with E-state index >= 15 is 0 Å². The summed E-state index contributed by atoms with van der Waals surface area (Å²) in [5.41, 5.74) is 2.97. The van der Waals surface area contributed by atoms with E-state index in [4.69, 9.17) is 21.3 Å². The molecule has 1 aromatic heterocycles. The minimum absolute atomic E-state index is 0.0762. The molecule has 2 aromatic rings. The molecule has 0 spiro atoms. The lowest BCUT2D eigenvalue weighted by Gasteiger charge is -2.27. The van der Waals surface area contributed by atoms with Gasteiger partial charge in [-0.3, -0.25) is 4.90 Å². The van der Waals surface area contributed by atoms with Crippen LogP contribution in [-0.4, -0.2) is 27.1 Å². The second kappa shape index (κ2) is 7.08. The van der Waals surface area contributed by atoms with Crippen LogP contribution in [0.5, 0.6) is 0 Å². The monoisotopic (exact) mass is 361 g/mol. The summed E-state index contributed by atoms with van der Waals surface area (Å²) >= 11 is 6.17. The molecule has 1 aliphatic heterocycles. The van der Waals surface area contributed by atoms with Gasteiger partial charge in [0.2, 0.25) is 0 Å². The number of hydrogen-bond acceptors (Lipinski definition) is 3. The predicted octanol–water partition coefficient (Wildman–Crippen LogP) is 4.07. The molecule has 134 valence electrons. The lowest BCUT2D eigenvalue weighted by Crippen LogP contribution is -2.39. The van der Waals surface area contributed by atoms with E-state index in [2.05, 4.69) is 25.3 Å². The zero-order valence-electron chi connectivity index (χ0n) is 15.0. The highest BCUT2D eigenvalue weighted by Gasteiger charge is 2.30. The Morgan fingerprint density at radius 2 is 1.96 bits per heavy atom. The standard InChI is InChI=1S/C19H24ClN3O2/c1-19(2,3)17-15(11-20)23-10-9-22(12-16(23)21-17)18(24)25-13-14-7-5-4-6-8-14/h4-8H,9-13H2,1-3H3. The number of alkyl halides is 1. The quantitative estimate of drug-likeness (QED) is 0.774. The summed E-state index contributed by atoms with van der Waals surface area (Å²) in [6, 6.07) is 9.69. The lowest BCUT2D eigenvalue weighted by molar-refractivity contribution is 0.0860. The molecular weight excluding hydrogens is 338 g/mol. The maximum Gasteiger partial charge on any atom is 0.410 e. The summed E-state index contributed by atoms with van der Waals surface area (Å²) in [4.78, 5) is 18.9. The van der Waals surface area contributed by atoms with Crippen LogP contribution in [-0.2, 0) is 35.7 Å². The maximum absolute atomic E-state index is 12.4. The van der Waals surface area contributed by atoms with Crippen LogP contribution < -0.4 is 0 Å². The zero-order valence-corrected chi connectivity index (χ0v) is 15.7. The van der Waals surface area contributed by atoms with Crippen molar-refractivity contribution < 1.29 is 9.53 Å². The van der Waals surface area contributed by atoms with E-state index in [0.29, 0.717) is 25.5 Å². The van der Waals surface area contributed by atoms with Crippen molar-refractivity contribution in [1.29, 1.82) is 0 Å². The number of benzene rings is 1. The van der Waals surface area contributed by atoms with Gasteiger partial charge in [0.1, 0.15) is 12.4 Å². The molecule has 0 unspecified atom stereocenters. The van der Waals surface area contributed by atoms with Crippen LogP contribution in [0.1, 0.15) is 43.5 Å². The first-order valence-corrected chi connectivity index (χ1v) is 9.04. The van der Waals surface area contributed by atoms with Gasteiger partial charge in [0.15, 0.2) is 0 Å².